The first-order valence-corrected chi connectivity index (χ1v) is 15.5. The predicted octanol–water partition coefficient (Wildman–Crippen LogP) is 7.70. The van der Waals surface area contributed by atoms with Gasteiger partial charge in [-0.2, -0.15) is 0 Å². The Hall–Kier alpha value is -6.40. The van der Waals surface area contributed by atoms with Crippen LogP contribution in [0.1, 0.15) is 39.9 Å². The molecule has 0 fully saturated rings. The molecule has 49 heavy (non-hydrogen) atoms. The van der Waals surface area contributed by atoms with Gasteiger partial charge in [0.15, 0.2) is 6.61 Å². The molecule has 0 heterocycles. The number of aliphatic hydroxyl groups excluding tert-OH is 1. The first-order chi connectivity index (χ1) is 23.9. The van der Waals surface area contributed by atoms with Crippen LogP contribution in [0, 0.1) is 11.8 Å². The van der Waals surface area contributed by atoms with Crippen molar-refractivity contribution in [3.8, 4) is 17.6 Å². The van der Waals surface area contributed by atoms with Crippen molar-refractivity contribution in [3.63, 3.8) is 0 Å². The Kier molecular flexibility index (Phi) is 9.96. The average Bonchev–Trinajstić information content (AvgIpc) is 3.12. The maximum atomic E-state index is 12.7. The molecule has 10 nitrogen and oxygen atoms in total. The third-order valence-electron chi connectivity index (χ3n) is 8.00. The van der Waals surface area contributed by atoms with Crippen LogP contribution in [0.4, 0.5) is 5.69 Å². The van der Waals surface area contributed by atoms with E-state index in [1.807, 2.05) is 0 Å². The summed E-state index contributed by atoms with van der Waals surface area (Å²) < 4.78 is 15.9. The topological polar surface area (TPSA) is 148 Å². The Labute approximate surface area is 280 Å². The molecule has 0 saturated carbocycles. The molecule has 0 bridgehead atoms. The minimum absolute atomic E-state index is 0.0182. The maximum Gasteiger partial charge on any atom is 0.349 e. The minimum Gasteiger partial charge on any atom is -0.461 e. The maximum absolute atomic E-state index is 12.7. The number of hydrogen-bond donors (Lipinski definition) is 1. The third-order valence-corrected chi connectivity index (χ3v) is 8.00. The van der Waals surface area contributed by atoms with Gasteiger partial charge in [-0.3, -0.25) is 4.79 Å². The molecule has 0 aliphatic carbocycles. The fraction of sp³-hybridized carbons (Fsp3) is 0.154. The number of nitrogens with zero attached hydrogens (tertiary/aromatic N) is 3. The highest BCUT2D eigenvalue weighted by Crippen LogP contribution is 2.36. The molecule has 0 amide bonds. The summed E-state index contributed by atoms with van der Waals surface area (Å²) in [5, 5.41) is 20.0. The fourth-order valence-corrected chi connectivity index (χ4v) is 5.74. The minimum atomic E-state index is -0.852. The molecule has 0 saturated heterocycles. The molecule has 0 aliphatic heterocycles. The van der Waals surface area contributed by atoms with Gasteiger partial charge < -0.3 is 19.3 Å². The molecule has 0 radical (unpaired) electrons. The lowest BCUT2D eigenvalue weighted by Gasteiger charge is -2.14. The molecule has 0 aromatic heterocycles. The summed E-state index contributed by atoms with van der Waals surface area (Å²) in [4.78, 5) is 40.1. The van der Waals surface area contributed by atoms with Crippen LogP contribution in [0.2, 0.25) is 0 Å². The fourth-order valence-electron chi connectivity index (χ4n) is 5.74. The van der Waals surface area contributed by atoms with Crippen molar-refractivity contribution in [1.29, 1.82) is 0 Å². The van der Waals surface area contributed by atoms with Gasteiger partial charge in [0.2, 0.25) is 0 Å². The number of carbonyl (C=O) groups excluding carboxylic acids is 3. The van der Waals surface area contributed by atoms with Crippen molar-refractivity contribution in [2.24, 2.45) is 5.11 Å². The summed E-state index contributed by atoms with van der Waals surface area (Å²) in [5.41, 5.74) is 11.0. The van der Waals surface area contributed by atoms with Crippen molar-refractivity contribution in [3.05, 3.63) is 130 Å². The number of esters is 3. The summed E-state index contributed by atoms with van der Waals surface area (Å²) in [5.74, 6) is 3.37. The molecule has 0 spiro atoms. The van der Waals surface area contributed by atoms with Crippen LogP contribution >= 0.6 is 0 Å². The summed E-state index contributed by atoms with van der Waals surface area (Å²) in [6, 6.07) is 29.6. The summed E-state index contributed by atoms with van der Waals surface area (Å²) in [7, 11) is 0. The Morgan fingerprint density at radius 3 is 2.31 bits per heavy atom. The van der Waals surface area contributed by atoms with Crippen molar-refractivity contribution in [2.75, 3.05) is 13.2 Å². The monoisotopic (exact) mass is 651 g/mol. The standard InChI is InChI=1S/C39H29N3O7/c40-42-41-32-17-14-30(15-18-32)39(46)48-24-36(45)49-34-20-9-25(22-31(34)7-3-21-43)23-47-35(44)8-2-4-26-10-11-29-13-12-27-5-1-6-28-16-19-33(26)38(29)37(27)28/h1,5-6,9-20,22,43H,2,4,8,21,23-24H2. The second-order valence-electron chi connectivity index (χ2n) is 11.2. The van der Waals surface area contributed by atoms with E-state index in [1.165, 1.54) is 68.2 Å². The SMILES string of the molecule is [N-]=[N+]=Nc1ccc(C(=O)OCC(=O)Oc2ccc(COC(=O)CCCc3ccc4ccc5cccc6ccc3c4c56)cc2C#CCO)cc1. The van der Waals surface area contributed by atoms with Gasteiger partial charge in [0.25, 0.3) is 0 Å². The summed E-state index contributed by atoms with van der Waals surface area (Å²) >= 11 is 0. The summed E-state index contributed by atoms with van der Waals surface area (Å²) in [6.45, 7) is -1.11. The molecule has 6 aromatic carbocycles. The lowest BCUT2D eigenvalue weighted by atomic mass is 9.90. The van der Waals surface area contributed by atoms with Crippen LogP contribution in [0.3, 0.4) is 0 Å². The number of aliphatic hydroxyl groups is 1. The van der Waals surface area contributed by atoms with Crippen LogP contribution in [-0.2, 0) is 32.1 Å². The first kappa shape index (κ1) is 32.5. The van der Waals surface area contributed by atoms with E-state index in [0.29, 0.717) is 17.7 Å². The molecule has 0 aliphatic rings. The summed E-state index contributed by atoms with van der Waals surface area (Å²) in [6.07, 6.45) is 1.59. The van der Waals surface area contributed by atoms with Gasteiger partial charge in [0.05, 0.1) is 11.1 Å². The van der Waals surface area contributed by atoms with Crippen LogP contribution < -0.4 is 4.74 Å². The number of carbonyl (C=O) groups is 3. The van der Waals surface area contributed by atoms with Crippen LogP contribution in [0.5, 0.6) is 5.75 Å². The average molecular weight is 652 g/mol. The van der Waals surface area contributed by atoms with Gasteiger partial charge in [0, 0.05) is 17.0 Å². The van der Waals surface area contributed by atoms with Gasteiger partial charge in [-0.25, -0.2) is 9.59 Å². The number of rotatable bonds is 11. The Morgan fingerprint density at radius 2 is 1.55 bits per heavy atom. The quantitative estimate of drug-likeness (QED) is 0.0287. The molecule has 242 valence electrons. The van der Waals surface area contributed by atoms with Crippen LogP contribution in [0.25, 0.3) is 42.8 Å². The van der Waals surface area contributed by atoms with Gasteiger partial charge in [-0.1, -0.05) is 89.8 Å². The Morgan fingerprint density at radius 1 is 0.816 bits per heavy atom. The number of azide groups is 1. The predicted molar refractivity (Wildman–Crippen MR) is 184 cm³/mol. The number of hydrogen-bond acceptors (Lipinski definition) is 8. The molecular weight excluding hydrogens is 622 g/mol. The first-order valence-electron chi connectivity index (χ1n) is 15.5. The van der Waals surface area contributed by atoms with E-state index in [4.69, 9.17) is 19.7 Å². The van der Waals surface area contributed by atoms with E-state index in [1.54, 1.807) is 12.1 Å². The van der Waals surface area contributed by atoms with E-state index < -0.39 is 25.2 Å². The molecular formula is C39H29N3O7. The normalized spacial score (nSPS) is 10.7. The van der Waals surface area contributed by atoms with Crippen molar-refractivity contribution in [1.82, 2.24) is 0 Å². The van der Waals surface area contributed by atoms with Crippen LogP contribution in [-0.4, -0.2) is 36.2 Å². The Bertz CT molecular complexity index is 2280. The zero-order valence-corrected chi connectivity index (χ0v) is 26.2. The second kappa shape index (κ2) is 15.0. The smallest absolute Gasteiger partial charge is 0.349 e. The van der Waals surface area contributed by atoms with E-state index in [9.17, 15) is 19.5 Å². The Balaban J connectivity index is 1.02. The van der Waals surface area contributed by atoms with Crippen molar-refractivity contribution >= 4 is 55.9 Å². The van der Waals surface area contributed by atoms with Crippen LogP contribution in [0.15, 0.2) is 102 Å². The molecule has 6 rings (SSSR count). The highest BCUT2D eigenvalue weighted by Gasteiger charge is 2.15. The highest BCUT2D eigenvalue weighted by molar-refractivity contribution is 6.23. The van der Waals surface area contributed by atoms with Gasteiger partial charge in [-0.05, 0) is 86.1 Å². The lowest BCUT2D eigenvalue weighted by Crippen LogP contribution is -2.19. The zero-order valence-electron chi connectivity index (χ0n) is 26.2. The molecule has 6 aromatic rings. The second-order valence-corrected chi connectivity index (χ2v) is 11.2. The number of benzene rings is 6. The largest absolute Gasteiger partial charge is 0.461 e. The molecule has 0 atom stereocenters. The number of ether oxygens (including phenoxy) is 3. The van der Waals surface area contributed by atoms with E-state index in [-0.39, 0.29) is 35.9 Å². The lowest BCUT2D eigenvalue weighted by molar-refractivity contribution is -0.145. The third kappa shape index (κ3) is 7.61. The van der Waals surface area contributed by atoms with E-state index in [2.05, 4.69) is 76.5 Å². The molecule has 1 N–H and O–H groups in total. The van der Waals surface area contributed by atoms with Gasteiger partial charge >= 0.3 is 17.9 Å². The zero-order chi connectivity index (χ0) is 34.2. The van der Waals surface area contributed by atoms with Gasteiger partial charge in [0.1, 0.15) is 19.0 Å². The number of aryl methyl sites for hydroxylation is 1. The van der Waals surface area contributed by atoms with E-state index in [0.717, 1.165) is 6.42 Å². The van der Waals surface area contributed by atoms with Crippen molar-refractivity contribution < 1.29 is 33.7 Å². The highest BCUT2D eigenvalue weighted by atomic mass is 16.6. The molecule has 0 unspecified atom stereocenters. The van der Waals surface area contributed by atoms with Crippen molar-refractivity contribution in [2.45, 2.75) is 25.9 Å². The molecule has 10 heteroatoms. The van der Waals surface area contributed by atoms with E-state index >= 15 is 0 Å². The van der Waals surface area contributed by atoms with Gasteiger partial charge in [-0.15, -0.1) is 0 Å².